The average molecular weight is 225 g/mol. The van der Waals surface area contributed by atoms with Crippen molar-refractivity contribution in [3.63, 3.8) is 0 Å². The zero-order chi connectivity index (χ0) is 11.8. The topological polar surface area (TPSA) is 83.8 Å². The maximum absolute atomic E-state index is 8.91. The molecule has 0 aliphatic rings. The third-order valence-electron chi connectivity index (χ3n) is 2.68. The Labute approximate surface area is 87.3 Å². The van der Waals surface area contributed by atoms with E-state index in [2.05, 4.69) is 27.7 Å². The van der Waals surface area contributed by atoms with E-state index in [1.807, 2.05) is 0 Å². The van der Waals surface area contributed by atoms with Gasteiger partial charge in [-0.15, -0.1) is 0 Å². The first-order chi connectivity index (χ1) is 6.24. The molecule has 0 aliphatic carbocycles. The second kappa shape index (κ2) is 7.33. The second-order valence-corrected chi connectivity index (χ2v) is 4.33. The van der Waals surface area contributed by atoms with Crippen molar-refractivity contribution in [2.75, 3.05) is 26.2 Å². The molecule has 5 nitrogen and oxygen atoms in total. The summed E-state index contributed by atoms with van der Waals surface area (Å²) in [6.45, 7) is 14.2. The van der Waals surface area contributed by atoms with Gasteiger partial charge >= 0.3 is 9.05 Å². The van der Waals surface area contributed by atoms with Crippen molar-refractivity contribution >= 4 is 9.05 Å². The van der Waals surface area contributed by atoms with E-state index in [-0.39, 0.29) is 0 Å². The van der Waals surface area contributed by atoms with E-state index in [1.54, 1.807) is 0 Å². The summed E-state index contributed by atoms with van der Waals surface area (Å²) in [6, 6.07) is 0. The van der Waals surface area contributed by atoms with Gasteiger partial charge in [0.2, 0.25) is 0 Å². The fourth-order valence-electron chi connectivity index (χ4n) is 1.34. The predicted octanol–water partition coefficient (Wildman–Crippen LogP) is -1.36. The molecule has 0 rings (SSSR count). The molecule has 0 atom stereocenters. The Kier molecular flexibility index (Phi) is 8.61. The third kappa shape index (κ3) is 10.1. The molecule has 14 heavy (non-hydrogen) atoms. The van der Waals surface area contributed by atoms with E-state index in [9.17, 15) is 0 Å². The zero-order valence-corrected chi connectivity index (χ0v) is 10.5. The van der Waals surface area contributed by atoms with Gasteiger partial charge in [-0.1, -0.05) is 0 Å². The lowest BCUT2D eigenvalue weighted by molar-refractivity contribution is -0.921. The first-order valence-electron chi connectivity index (χ1n) is 4.97. The van der Waals surface area contributed by atoms with Gasteiger partial charge in [0.1, 0.15) is 0 Å². The van der Waals surface area contributed by atoms with Gasteiger partial charge in [0.25, 0.3) is 0 Å². The minimum Gasteiger partial charge on any atom is -0.794 e. The molecule has 0 heterocycles. The molecule has 0 saturated carbocycles. The Balaban J connectivity index is 0. The van der Waals surface area contributed by atoms with Gasteiger partial charge in [0.15, 0.2) is 0 Å². The molecule has 0 aliphatic heterocycles. The SMILES string of the molecule is CC[N+](CC)(CC)CC.[O-][Si](O)(O)O. The molecule has 0 fully saturated rings. The molecule has 3 N–H and O–H groups in total. The monoisotopic (exact) mass is 225 g/mol. The quantitative estimate of drug-likeness (QED) is 0.408. The molecule has 0 unspecified atom stereocenters. The Bertz CT molecular complexity index is 110. The molecule has 0 radical (unpaired) electrons. The van der Waals surface area contributed by atoms with Crippen LogP contribution in [0.25, 0.3) is 0 Å². The zero-order valence-electron chi connectivity index (χ0n) is 9.53. The molecule has 0 bridgehead atoms. The van der Waals surface area contributed by atoms with Crippen molar-refractivity contribution < 1.29 is 23.7 Å². The molecule has 6 heteroatoms. The average Bonchev–Trinajstić information content (AvgIpc) is 2.07. The molecular formula is C8H23NO4Si. The van der Waals surface area contributed by atoms with Crippen LogP contribution < -0.4 is 4.80 Å². The normalized spacial score (nSPS) is 12.0. The smallest absolute Gasteiger partial charge is 0.404 e. The maximum Gasteiger partial charge on any atom is 0.404 e. The standard InChI is InChI=1S/C8H20N.H3O4Si/c1-5-9(6-2,7-3)8-4;1-5(2,3)4/h5-8H2,1-4H3;1-3H/q+1;-1. The van der Waals surface area contributed by atoms with Crippen molar-refractivity contribution in [1.29, 1.82) is 0 Å². The van der Waals surface area contributed by atoms with Gasteiger partial charge in [0, 0.05) is 0 Å². The fraction of sp³-hybridized carbons (Fsp3) is 1.00. The minimum atomic E-state index is -4.86. The summed E-state index contributed by atoms with van der Waals surface area (Å²) < 4.78 is 1.28. The summed E-state index contributed by atoms with van der Waals surface area (Å²) in [5.74, 6) is 0. The van der Waals surface area contributed by atoms with Crippen LogP contribution in [-0.2, 0) is 0 Å². The van der Waals surface area contributed by atoms with Crippen LogP contribution in [0.2, 0.25) is 0 Å². The lowest BCUT2D eigenvalue weighted by atomic mass is 10.3. The van der Waals surface area contributed by atoms with Crippen LogP contribution in [0, 0.1) is 0 Å². The van der Waals surface area contributed by atoms with Crippen molar-refractivity contribution in [3.05, 3.63) is 0 Å². The molecule has 88 valence electrons. The fourth-order valence-corrected chi connectivity index (χ4v) is 1.34. The van der Waals surface area contributed by atoms with Gasteiger partial charge in [-0.2, -0.15) is 0 Å². The summed E-state index contributed by atoms with van der Waals surface area (Å²) in [6.07, 6.45) is 0. The number of quaternary nitrogens is 1. The van der Waals surface area contributed by atoms with Crippen LogP contribution in [0.4, 0.5) is 0 Å². The molecular weight excluding hydrogens is 202 g/mol. The van der Waals surface area contributed by atoms with E-state index in [0.29, 0.717) is 0 Å². The van der Waals surface area contributed by atoms with Crippen LogP contribution in [0.15, 0.2) is 0 Å². The van der Waals surface area contributed by atoms with E-state index in [4.69, 9.17) is 19.2 Å². The molecule has 0 spiro atoms. The van der Waals surface area contributed by atoms with Gasteiger partial charge < -0.3 is 23.7 Å². The highest BCUT2D eigenvalue weighted by Gasteiger charge is 2.16. The number of nitrogens with zero attached hydrogens (tertiary/aromatic N) is 1. The highest BCUT2D eigenvalue weighted by atomic mass is 28.4. The van der Waals surface area contributed by atoms with Gasteiger partial charge in [-0.25, -0.2) is 0 Å². The Hall–Kier alpha value is 0.0169. The Morgan fingerprint density at radius 3 is 1.00 bits per heavy atom. The molecule has 0 saturated heterocycles. The Morgan fingerprint density at radius 1 is 0.857 bits per heavy atom. The van der Waals surface area contributed by atoms with Crippen molar-refractivity contribution in [2.24, 2.45) is 0 Å². The van der Waals surface area contributed by atoms with E-state index in [1.165, 1.54) is 30.7 Å². The summed E-state index contributed by atoms with van der Waals surface area (Å²) in [4.78, 5) is 30.6. The summed E-state index contributed by atoms with van der Waals surface area (Å²) >= 11 is 0. The summed E-state index contributed by atoms with van der Waals surface area (Å²) in [7, 11) is -4.86. The second-order valence-electron chi connectivity index (χ2n) is 3.18. The number of rotatable bonds is 4. The summed E-state index contributed by atoms with van der Waals surface area (Å²) in [5, 5.41) is 0. The van der Waals surface area contributed by atoms with E-state index in [0.717, 1.165) is 0 Å². The summed E-state index contributed by atoms with van der Waals surface area (Å²) in [5.41, 5.74) is 0. The van der Waals surface area contributed by atoms with E-state index >= 15 is 0 Å². The van der Waals surface area contributed by atoms with Crippen LogP contribution in [0.3, 0.4) is 0 Å². The van der Waals surface area contributed by atoms with Crippen LogP contribution in [0.1, 0.15) is 27.7 Å². The largest absolute Gasteiger partial charge is 0.794 e. The van der Waals surface area contributed by atoms with Crippen molar-refractivity contribution in [2.45, 2.75) is 27.7 Å². The predicted molar refractivity (Wildman–Crippen MR) is 54.8 cm³/mol. The van der Waals surface area contributed by atoms with Gasteiger partial charge in [0.05, 0.1) is 26.2 Å². The molecule has 0 aromatic heterocycles. The maximum atomic E-state index is 8.91. The highest BCUT2D eigenvalue weighted by Crippen LogP contribution is 2.03. The lowest BCUT2D eigenvalue weighted by Crippen LogP contribution is -2.50. The third-order valence-corrected chi connectivity index (χ3v) is 2.68. The highest BCUT2D eigenvalue weighted by molar-refractivity contribution is 6.44. The van der Waals surface area contributed by atoms with Crippen LogP contribution in [0.5, 0.6) is 0 Å². The molecule has 0 amide bonds. The van der Waals surface area contributed by atoms with Crippen molar-refractivity contribution in [3.8, 4) is 0 Å². The van der Waals surface area contributed by atoms with Crippen LogP contribution in [-0.4, -0.2) is 54.1 Å². The Morgan fingerprint density at radius 2 is 1.00 bits per heavy atom. The number of hydrogen-bond acceptors (Lipinski definition) is 4. The lowest BCUT2D eigenvalue weighted by Gasteiger charge is -2.34. The van der Waals surface area contributed by atoms with E-state index < -0.39 is 9.05 Å². The molecule has 0 aromatic carbocycles. The minimum absolute atomic E-state index is 1.28. The first-order valence-corrected chi connectivity index (χ1v) is 6.72. The van der Waals surface area contributed by atoms with Crippen LogP contribution >= 0.6 is 0 Å². The van der Waals surface area contributed by atoms with Gasteiger partial charge in [-0.05, 0) is 27.7 Å². The first kappa shape index (κ1) is 16.4. The van der Waals surface area contributed by atoms with Gasteiger partial charge in [-0.3, -0.25) is 0 Å². The van der Waals surface area contributed by atoms with Crippen molar-refractivity contribution in [1.82, 2.24) is 0 Å². The number of hydrogen-bond donors (Lipinski definition) is 3. The molecule has 0 aromatic rings.